The molecule has 1 fully saturated rings. The number of nitrogens with two attached hydrogens (primary N) is 3. The molecule has 1 saturated heterocycles. The number of carbonyl (C=O) groups excluding carboxylic acids is 9. The van der Waals surface area contributed by atoms with E-state index in [1.165, 1.54) is 38.4 Å². The molecule has 0 unspecified atom stereocenters. The monoisotopic (exact) mass is 1050 g/mol. The van der Waals surface area contributed by atoms with Crippen LogP contribution in [0.15, 0.2) is 78.3 Å². The van der Waals surface area contributed by atoms with E-state index in [1.54, 1.807) is 36.5 Å². The van der Waals surface area contributed by atoms with Gasteiger partial charge in [0.05, 0.1) is 12.7 Å². The van der Waals surface area contributed by atoms with Crippen LogP contribution >= 0.6 is 0 Å². The van der Waals surface area contributed by atoms with Crippen LogP contribution in [0, 0.1) is 0 Å². The van der Waals surface area contributed by atoms with Gasteiger partial charge < -0.3 is 68.9 Å². The van der Waals surface area contributed by atoms with Gasteiger partial charge in [0, 0.05) is 82.4 Å². The minimum Gasteiger partial charge on any atom is -0.370 e. The van der Waals surface area contributed by atoms with E-state index in [-0.39, 0.29) is 76.8 Å². The van der Waals surface area contributed by atoms with Gasteiger partial charge in [-0.25, -0.2) is 4.98 Å². The molecule has 0 bridgehead atoms. The normalized spacial score (nSPS) is 21.4. The Hall–Kier alpha value is -8.31. The highest BCUT2D eigenvalue weighted by Crippen LogP contribution is 2.21. The Kier molecular flexibility index (Phi) is 22.3. The van der Waals surface area contributed by atoms with Crippen molar-refractivity contribution in [1.82, 2.24) is 56.7 Å². The molecule has 3 heterocycles. The molecule has 1 aliphatic rings. The zero-order chi connectivity index (χ0) is 55.3. The second-order valence-corrected chi connectivity index (χ2v) is 19.0. The number of imidazole rings is 1. The van der Waals surface area contributed by atoms with Crippen molar-refractivity contribution in [1.29, 1.82) is 0 Å². The molecule has 7 atom stereocenters. The van der Waals surface area contributed by atoms with Crippen LogP contribution in [-0.2, 0) is 62.4 Å². The van der Waals surface area contributed by atoms with Gasteiger partial charge in [-0.1, -0.05) is 68.3 Å². The average Bonchev–Trinajstić information content (AvgIpc) is 4.07. The highest BCUT2D eigenvalue weighted by atomic mass is 16.2. The van der Waals surface area contributed by atoms with Gasteiger partial charge in [0.15, 0.2) is 5.96 Å². The van der Waals surface area contributed by atoms with Crippen LogP contribution in [-0.4, -0.2) is 153 Å². The van der Waals surface area contributed by atoms with Gasteiger partial charge in [0.25, 0.3) is 0 Å². The van der Waals surface area contributed by atoms with Gasteiger partial charge in [0.2, 0.25) is 53.2 Å². The number of H-pyrrole nitrogens is 2. The average molecular weight is 1050 g/mol. The minimum atomic E-state index is -1.56. The lowest BCUT2D eigenvalue weighted by Crippen LogP contribution is -2.61. The molecule has 2 aromatic carbocycles. The number of aliphatic imine (C=N–C) groups is 1. The summed E-state index contributed by atoms with van der Waals surface area (Å²) in [6.45, 7) is 3.28. The number of hydrogen-bond donors (Lipinski definition) is 11. The third-order valence-electron chi connectivity index (χ3n) is 13.2. The summed E-state index contributed by atoms with van der Waals surface area (Å²) >= 11 is 0. The summed E-state index contributed by atoms with van der Waals surface area (Å²) in [7, 11) is 2.72. The van der Waals surface area contributed by atoms with Crippen LogP contribution in [0.1, 0.15) is 88.5 Å². The van der Waals surface area contributed by atoms with Crippen molar-refractivity contribution in [3.8, 4) is 0 Å². The highest BCUT2D eigenvalue weighted by Gasteiger charge is 2.39. The van der Waals surface area contributed by atoms with E-state index < -0.39 is 102 Å². The lowest BCUT2D eigenvalue weighted by atomic mass is 10.00. The van der Waals surface area contributed by atoms with Crippen LogP contribution in [0.5, 0.6) is 0 Å². The van der Waals surface area contributed by atoms with Crippen molar-refractivity contribution >= 4 is 70.0 Å². The summed E-state index contributed by atoms with van der Waals surface area (Å²) in [5, 5.41) is 17.2. The lowest BCUT2D eigenvalue weighted by molar-refractivity contribution is -0.145. The fraction of sp³-hybridized carbons (Fsp3) is 0.481. The molecule has 0 radical (unpaired) electrons. The quantitative estimate of drug-likeness (QED) is 0.0360. The summed E-state index contributed by atoms with van der Waals surface area (Å²) in [6, 6.07) is 6.92. The number of guanidine groups is 1. The summed E-state index contributed by atoms with van der Waals surface area (Å²) in [5.74, 6) is -6.78. The number of primary amides is 1. The molecule has 4 aromatic rings. The van der Waals surface area contributed by atoms with Gasteiger partial charge in [-0.3, -0.25) is 48.1 Å². The Labute approximate surface area is 441 Å². The number of aromatic nitrogens is 3. The van der Waals surface area contributed by atoms with Gasteiger partial charge >= 0.3 is 0 Å². The SMILES string of the molecule is CCCC[C@H](NC(C)=O)C(=O)N[C@H]1CC(=O)NCCCC[C@@H](C(N)=O)NC(=O)[C@H](Cc2c[nH]c3ccccc23)NC(=O)[C@H](CCCN=C(N)N)N(C)C(=O)[C@@H](Cc2ccccc2)NC(=O)[C@H](Cc2cnc[nH]2)N(C)C1=O. The standard InChI is InChI=1S/C52H73N15O9/c1-5-6-18-38(61-31(2)68)46(71)64-41-27-44(69)57-22-13-12-20-37(45(53)70)62-47(72)39(25-33-28-59-36-19-11-10-17-35(33)36)63-48(73)42(21-14-23-58-52(54)55)66(3)50(75)40(24-32-15-8-7-9-16-32)65-49(74)43(67(4)51(41)76)26-34-29-56-30-60-34/h7-11,15-17,19,28-30,37-43,59H,5-6,12-14,18,20-27H2,1-4H3,(H2,53,70)(H,56,60)(H,57,69)(H,61,68)(H,62,72)(H,63,73)(H,64,71)(H,65,74)(H4,54,55,58)/t37-,38-,39-,40+,41-,42-,43-/m0/s1. The van der Waals surface area contributed by atoms with Crippen LogP contribution in [0.2, 0.25) is 0 Å². The summed E-state index contributed by atoms with van der Waals surface area (Å²) < 4.78 is 0. The van der Waals surface area contributed by atoms with Crippen LogP contribution in [0.4, 0.5) is 0 Å². The minimum absolute atomic E-state index is 0.0248. The summed E-state index contributed by atoms with van der Waals surface area (Å²) in [4.78, 5) is 143. The molecule has 0 saturated carbocycles. The van der Waals surface area contributed by atoms with Crippen LogP contribution in [0.25, 0.3) is 10.9 Å². The number of likely N-dealkylation sites (N-methyl/N-ethyl adjacent to an activating group) is 2. The molecular weight excluding hydrogens is 979 g/mol. The first-order valence-electron chi connectivity index (χ1n) is 25.6. The van der Waals surface area contributed by atoms with Crippen molar-refractivity contribution in [2.75, 3.05) is 27.2 Å². The molecule has 76 heavy (non-hydrogen) atoms. The van der Waals surface area contributed by atoms with E-state index in [2.05, 4.69) is 51.8 Å². The third-order valence-corrected chi connectivity index (χ3v) is 13.2. The van der Waals surface area contributed by atoms with Crippen molar-refractivity contribution in [2.45, 2.75) is 133 Å². The first kappa shape index (κ1) is 58.6. The number of amides is 9. The molecule has 24 nitrogen and oxygen atoms in total. The highest BCUT2D eigenvalue weighted by molar-refractivity contribution is 5.99. The Morgan fingerprint density at radius 2 is 1.50 bits per heavy atom. The first-order valence-corrected chi connectivity index (χ1v) is 25.6. The Balaban J connectivity index is 1.60. The number of carbonyl (C=O) groups is 9. The number of benzene rings is 2. The zero-order valence-electron chi connectivity index (χ0n) is 43.6. The maximum absolute atomic E-state index is 15.1. The zero-order valence-corrected chi connectivity index (χ0v) is 43.6. The molecule has 0 spiro atoms. The van der Waals surface area contributed by atoms with Gasteiger partial charge in [-0.2, -0.15) is 0 Å². The van der Waals surface area contributed by atoms with Crippen molar-refractivity contribution in [3.63, 3.8) is 0 Å². The number of rotatable bonds is 17. The predicted molar refractivity (Wildman–Crippen MR) is 283 cm³/mol. The Morgan fingerprint density at radius 1 is 0.803 bits per heavy atom. The maximum atomic E-state index is 15.1. The van der Waals surface area contributed by atoms with E-state index in [4.69, 9.17) is 17.2 Å². The number of fused-ring (bicyclic) bond motifs is 1. The van der Waals surface area contributed by atoms with E-state index in [0.717, 1.165) is 15.8 Å². The number of nitrogens with zero attached hydrogens (tertiary/aromatic N) is 4. The molecule has 5 rings (SSSR count). The second-order valence-electron chi connectivity index (χ2n) is 19.0. The molecule has 24 heteroatoms. The predicted octanol–water partition coefficient (Wildman–Crippen LogP) is -0.564. The fourth-order valence-corrected chi connectivity index (χ4v) is 9.03. The van der Waals surface area contributed by atoms with Crippen LogP contribution in [0.3, 0.4) is 0 Å². The third kappa shape index (κ3) is 17.4. The molecule has 14 N–H and O–H groups in total. The second kappa shape index (κ2) is 29.0. The number of unbranched alkanes of at least 4 members (excludes halogenated alkanes) is 1. The van der Waals surface area contributed by atoms with Crippen LogP contribution < -0.4 is 49.1 Å². The number of aromatic amines is 2. The number of hydrogen-bond acceptors (Lipinski definition) is 11. The number of nitrogens with one attached hydrogen (secondary N) is 8. The van der Waals surface area contributed by atoms with Crippen molar-refractivity contribution in [3.05, 3.63) is 90.1 Å². The Morgan fingerprint density at radius 3 is 2.18 bits per heavy atom. The number of para-hydroxylation sites is 1. The maximum Gasteiger partial charge on any atom is 0.246 e. The van der Waals surface area contributed by atoms with E-state index >= 15 is 4.79 Å². The topological polar surface area (TPSA) is 367 Å². The van der Waals surface area contributed by atoms with Gasteiger partial charge in [0.1, 0.15) is 42.3 Å². The summed E-state index contributed by atoms with van der Waals surface area (Å²) in [6.07, 6.45) is 5.89. The van der Waals surface area contributed by atoms with E-state index in [0.29, 0.717) is 29.7 Å². The molecule has 2 aromatic heterocycles. The first-order chi connectivity index (χ1) is 36.4. The fourth-order valence-electron chi connectivity index (χ4n) is 9.03. The molecule has 1 aliphatic heterocycles. The largest absolute Gasteiger partial charge is 0.370 e. The molecule has 9 amide bonds. The molecular formula is C52H73N15O9. The smallest absolute Gasteiger partial charge is 0.246 e. The lowest BCUT2D eigenvalue weighted by Gasteiger charge is -2.34. The van der Waals surface area contributed by atoms with E-state index in [1.807, 2.05) is 31.2 Å². The van der Waals surface area contributed by atoms with Gasteiger partial charge in [-0.15, -0.1) is 0 Å². The van der Waals surface area contributed by atoms with Crippen molar-refractivity contribution in [2.24, 2.45) is 22.2 Å². The Bertz CT molecular complexity index is 2660. The van der Waals surface area contributed by atoms with Gasteiger partial charge in [-0.05, 0) is 55.7 Å². The van der Waals surface area contributed by atoms with E-state index in [9.17, 15) is 38.4 Å². The molecule has 0 aliphatic carbocycles. The molecule has 410 valence electrons. The van der Waals surface area contributed by atoms with Crippen molar-refractivity contribution < 1.29 is 43.2 Å². The summed E-state index contributed by atoms with van der Waals surface area (Å²) in [5.41, 5.74) is 19.6.